The maximum Gasteiger partial charge on any atom is 0.180 e. The number of fused-ring (bicyclic) bond motifs is 8. The number of benzene rings is 1. The zero-order valence-electron chi connectivity index (χ0n) is 45.6. The van der Waals surface area contributed by atoms with Crippen molar-refractivity contribution >= 4 is 22.2 Å². The molecule has 4 atom stereocenters. The third-order valence-corrected chi connectivity index (χ3v) is 9.84. The summed E-state index contributed by atoms with van der Waals surface area (Å²) in [6.45, 7) is 32.0. The van der Waals surface area contributed by atoms with Gasteiger partial charge >= 0.3 is 0 Å². The monoisotopic (exact) mass is 962 g/mol. The number of aromatic nitrogens is 5. The van der Waals surface area contributed by atoms with E-state index in [-0.39, 0.29) is 0 Å². The van der Waals surface area contributed by atoms with Crippen LogP contribution in [0.4, 0.5) is 0 Å². The van der Waals surface area contributed by atoms with Crippen molar-refractivity contribution in [2.24, 2.45) is 11.8 Å². The minimum atomic E-state index is 0.671. The highest BCUT2D eigenvalue weighted by atomic mass is 32.1. The van der Waals surface area contributed by atoms with Crippen LogP contribution in [0.1, 0.15) is 169 Å². The third kappa shape index (κ3) is 35.4. The van der Waals surface area contributed by atoms with E-state index in [4.69, 9.17) is 9.47 Å². The molecule has 6 aromatic heterocycles. The Labute approximate surface area is 420 Å². The molecule has 10 heterocycles. The van der Waals surface area contributed by atoms with Gasteiger partial charge in [-0.2, -0.15) is 0 Å². The summed E-state index contributed by atoms with van der Waals surface area (Å²) in [6, 6.07) is 23.6. The molecule has 12 rings (SSSR count). The van der Waals surface area contributed by atoms with Crippen LogP contribution in [0.3, 0.4) is 0 Å². The van der Waals surface area contributed by atoms with Gasteiger partial charge in [0.1, 0.15) is 6.26 Å². The molecule has 386 valence electrons. The summed E-state index contributed by atoms with van der Waals surface area (Å²) in [6.07, 6.45) is 33.9. The van der Waals surface area contributed by atoms with E-state index < -0.39 is 0 Å². The number of para-hydroxylation sites is 1. The molecule has 7 aromatic rings. The minimum absolute atomic E-state index is 0.671. The molecule has 4 aliphatic heterocycles. The summed E-state index contributed by atoms with van der Waals surface area (Å²) in [5, 5.41) is 3.21. The van der Waals surface area contributed by atoms with Gasteiger partial charge in [0, 0.05) is 48.1 Å². The van der Waals surface area contributed by atoms with Crippen LogP contribution in [0.15, 0.2) is 161 Å². The molecule has 5 aliphatic rings. The lowest BCUT2D eigenvalue weighted by Gasteiger charge is -2.19. The molecule has 2 N–H and O–H groups in total. The molecule has 1 saturated carbocycles. The van der Waals surface area contributed by atoms with E-state index in [1.807, 2.05) is 189 Å². The van der Waals surface area contributed by atoms with Gasteiger partial charge in [-0.15, -0.1) is 11.3 Å². The number of hydrogen-bond acceptors (Lipinski definition) is 8. The van der Waals surface area contributed by atoms with E-state index >= 15 is 0 Å². The molecule has 9 nitrogen and oxygen atoms in total. The zero-order valence-corrected chi connectivity index (χ0v) is 46.5. The van der Waals surface area contributed by atoms with Crippen molar-refractivity contribution in [1.82, 2.24) is 24.9 Å². The predicted molar refractivity (Wildman–Crippen MR) is 297 cm³/mol. The van der Waals surface area contributed by atoms with Crippen LogP contribution < -0.4 is 0 Å². The van der Waals surface area contributed by atoms with Gasteiger partial charge in [0.25, 0.3) is 0 Å². The number of rotatable bonds is 0. The molecule has 1 aliphatic carbocycles. The first-order valence-electron chi connectivity index (χ1n) is 26.2. The van der Waals surface area contributed by atoms with E-state index in [9.17, 15) is 0 Å². The molecule has 5 fully saturated rings. The molecule has 4 unspecified atom stereocenters. The second-order valence-corrected chi connectivity index (χ2v) is 13.5. The Balaban J connectivity index is -0.000000334. The van der Waals surface area contributed by atoms with E-state index in [2.05, 4.69) is 52.0 Å². The van der Waals surface area contributed by atoms with Crippen molar-refractivity contribution in [2.75, 3.05) is 0 Å². The van der Waals surface area contributed by atoms with E-state index in [1.165, 1.54) is 81.3 Å². The summed E-state index contributed by atoms with van der Waals surface area (Å²) in [5.74, 6) is 1.97. The largest absolute Gasteiger partial charge is 0.473 e. The summed E-state index contributed by atoms with van der Waals surface area (Å²) in [5.41, 5.74) is 3.00. The number of hydrogen-bond donors (Lipinski definition) is 2. The number of pyridine rings is 1. The lowest BCUT2D eigenvalue weighted by atomic mass is 9.82. The molecule has 10 heteroatoms. The average molecular weight is 963 g/mol. The Morgan fingerprint density at radius 3 is 1.29 bits per heavy atom. The topological polar surface area (TPSA) is 115 Å². The molecule has 0 amide bonds. The second kappa shape index (κ2) is 58.4. The van der Waals surface area contributed by atoms with Crippen LogP contribution in [0.2, 0.25) is 0 Å². The second-order valence-electron chi connectivity index (χ2n) is 12.7. The van der Waals surface area contributed by atoms with Gasteiger partial charge in [-0.1, -0.05) is 141 Å². The zero-order chi connectivity index (χ0) is 51.7. The van der Waals surface area contributed by atoms with Crippen molar-refractivity contribution in [3.63, 3.8) is 0 Å². The number of aromatic amines is 2. The van der Waals surface area contributed by atoms with Crippen LogP contribution >= 0.6 is 11.3 Å². The Morgan fingerprint density at radius 1 is 0.456 bits per heavy atom. The fourth-order valence-corrected chi connectivity index (χ4v) is 7.35. The highest BCUT2D eigenvalue weighted by molar-refractivity contribution is 7.07. The Morgan fingerprint density at radius 2 is 1.00 bits per heavy atom. The summed E-state index contributed by atoms with van der Waals surface area (Å²) in [7, 11) is 0. The molecule has 1 aromatic carbocycles. The van der Waals surface area contributed by atoms with Crippen LogP contribution in [0.25, 0.3) is 10.9 Å². The Hall–Kier alpha value is -4.77. The van der Waals surface area contributed by atoms with Crippen molar-refractivity contribution in [1.29, 1.82) is 0 Å². The molecule has 0 radical (unpaired) electrons. The highest BCUT2D eigenvalue weighted by Crippen LogP contribution is 2.51. The van der Waals surface area contributed by atoms with Crippen molar-refractivity contribution in [2.45, 2.75) is 193 Å². The van der Waals surface area contributed by atoms with Crippen molar-refractivity contribution in [3.8, 4) is 0 Å². The Kier molecular flexibility index (Phi) is 59.9. The van der Waals surface area contributed by atoms with E-state index in [0.717, 1.165) is 11.8 Å². The molecule has 4 bridgehead atoms. The molecular formula is C58H99N5O4S. The lowest BCUT2D eigenvalue weighted by Crippen LogP contribution is -2.21. The van der Waals surface area contributed by atoms with Gasteiger partial charge in [0.05, 0.1) is 48.6 Å². The van der Waals surface area contributed by atoms with Crippen LogP contribution in [0.5, 0.6) is 0 Å². The first kappa shape index (κ1) is 69.8. The minimum Gasteiger partial charge on any atom is -0.473 e. The maximum atomic E-state index is 5.84. The highest BCUT2D eigenvalue weighted by Gasteiger charge is 2.50. The number of H-pyrrole nitrogens is 2. The predicted octanol–water partition coefficient (Wildman–Crippen LogP) is 18.9. The average Bonchev–Trinajstić information content (AvgIpc) is 4.30. The van der Waals surface area contributed by atoms with Gasteiger partial charge in [-0.05, 0) is 117 Å². The van der Waals surface area contributed by atoms with Gasteiger partial charge in [0.15, 0.2) is 6.39 Å². The molecule has 4 saturated heterocycles. The third-order valence-electron chi connectivity index (χ3n) is 9.32. The SMILES string of the molecule is C1CC2C3CCC(O3)C2C1.C1CC2CCC1O2.CC.CC.CC.CC.CC.CC.CC.CC.c1cc[nH]c1.c1ccc2[nH]ccc2c1.c1ccncc1.c1ccoc1.c1cocn1.c1cscn1. The van der Waals surface area contributed by atoms with Crippen LogP contribution in [-0.4, -0.2) is 49.3 Å². The number of nitrogens with one attached hydrogen (secondary N) is 2. The van der Waals surface area contributed by atoms with Gasteiger partial charge in [-0.25, -0.2) is 4.98 Å². The molecule has 68 heavy (non-hydrogen) atoms. The summed E-state index contributed by atoms with van der Waals surface area (Å²) in [4.78, 5) is 17.1. The number of thiazole rings is 1. The first-order chi connectivity index (χ1) is 33.9. The van der Waals surface area contributed by atoms with Crippen molar-refractivity contribution < 1.29 is 18.3 Å². The van der Waals surface area contributed by atoms with Gasteiger partial charge in [0.2, 0.25) is 0 Å². The van der Waals surface area contributed by atoms with Gasteiger partial charge in [-0.3, -0.25) is 9.97 Å². The van der Waals surface area contributed by atoms with E-state index in [0.29, 0.717) is 24.4 Å². The van der Waals surface area contributed by atoms with E-state index in [1.54, 1.807) is 54.2 Å². The molecular weight excluding hydrogens is 863 g/mol. The summed E-state index contributed by atoms with van der Waals surface area (Å²) >= 11 is 1.60. The quantitative estimate of drug-likeness (QED) is 0.156. The number of nitrogens with zero attached hydrogens (tertiary/aromatic N) is 3. The normalized spacial score (nSPS) is 18.5. The Bertz CT molecular complexity index is 1470. The number of ether oxygens (including phenoxy) is 2. The fraction of sp³-hybridized carbons (Fsp3) is 0.534. The maximum absolute atomic E-state index is 5.84. The summed E-state index contributed by atoms with van der Waals surface area (Å²) < 4.78 is 20.4. The lowest BCUT2D eigenvalue weighted by molar-refractivity contribution is 0.0814. The van der Waals surface area contributed by atoms with Gasteiger partial charge < -0.3 is 28.3 Å². The van der Waals surface area contributed by atoms with Crippen LogP contribution in [-0.2, 0) is 9.47 Å². The molecule has 0 spiro atoms. The van der Waals surface area contributed by atoms with Crippen molar-refractivity contribution in [3.05, 3.63) is 152 Å². The number of furan rings is 1. The standard InChI is InChI=1S/C9H14O.C8H7N.C6H10O.C5H5N.C4H5N.C4H4O.C3H3NO.C3H3NS.8C2H6/c1-2-6-7(3-1)9-5-4-8(6)10-9;1-2-4-8-7(3-1)5-6-9-8;1-2-6-4-3-5(1)7-6;1-2-4-6-5-3-1;2*1-2-4-5-3-1;2*1-2-5-3-4-1;8*1-2/h6-9H,1-5H2;1-6,9H;5-6H,1-4H2;1-5H;1-5H;1-4H;2*1-3H;8*1-2H3. The number of oxazole rings is 1. The smallest absolute Gasteiger partial charge is 0.180 e. The first-order valence-corrected chi connectivity index (χ1v) is 27.2. The fourth-order valence-electron chi connectivity index (χ4n) is 7.00. The van der Waals surface area contributed by atoms with Crippen LogP contribution in [0, 0.1) is 11.8 Å².